The molecule has 1 heterocycles. The van der Waals surface area contributed by atoms with Crippen LogP contribution >= 0.6 is 11.6 Å². The highest BCUT2D eigenvalue weighted by molar-refractivity contribution is 6.30. The first kappa shape index (κ1) is 26.2. The quantitative estimate of drug-likeness (QED) is 0.581. The van der Waals surface area contributed by atoms with Crippen molar-refractivity contribution in [1.82, 2.24) is 9.80 Å². The summed E-state index contributed by atoms with van der Waals surface area (Å²) >= 11 is 5.95. The van der Waals surface area contributed by atoms with Gasteiger partial charge < -0.3 is 16.0 Å². The van der Waals surface area contributed by atoms with Gasteiger partial charge in [0, 0.05) is 35.3 Å². The molecule has 1 saturated carbocycles. The summed E-state index contributed by atoms with van der Waals surface area (Å²) in [6, 6.07) is 15.4. The number of carbonyl (C=O) groups excluding carboxylic acids is 3. The van der Waals surface area contributed by atoms with E-state index in [4.69, 9.17) is 17.3 Å². The number of hydrogen-bond donors (Lipinski definition) is 2. The number of nitrogens with one attached hydrogen (secondary N) is 1. The number of piperidine rings is 1. The zero-order valence-corrected chi connectivity index (χ0v) is 21.5. The molecular weight excluding hydrogens is 476 g/mol. The number of nitrogens with zero attached hydrogens (tertiary/aromatic N) is 2. The van der Waals surface area contributed by atoms with E-state index >= 15 is 0 Å². The first-order chi connectivity index (χ1) is 17.3. The van der Waals surface area contributed by atoms with Gasteiger partial charge in [-0.05, 0) is 99.5 Å². The van der Waals surface area contributed by atoms with E-state index in [1.54, 1.807) is 24.3 Å². The molecule has 36 heavy (non-hydrogen) atoms. The Balaban J connectivity index is 1.23. The summed E-state index contributed by atoms with van der Waals surface area (Å²) in [5.74, 6) is 0.126. The Bertz CT molecular complexity index is 1060. The van der Waals surface area contributed by atoms with Crippen LogP contribution in [0.1, 0.15) is 60.4 Å². The van der Waals surface area contributed by atoms with E-state index in [1.165, 1.54) is 5.56 Å². The number of benzene rings is 2. The highest BCUT2D eigenvalue weighted by atomic mass is 35.5. The second-order valence-electron chi connectivity index (χ2n) is 10.1. The minimum atomic E-state index is -0.244. The Morgan fingerprint density at radius 1 is 0.944 bits per heavy atom. The molecule has 4 rings (SSSR count). The van der Waals surface area contributed by atoms with Crippen molar-refractivity contribution < 1.29 is 14.4 Å². The molecular formula is C28H35ClN4O3. The number of anilines is 1. The van der Waals surface area contributed by atoms with Gasteiger partial charge in [0.05, 0.1) is 6.54 Å². The van der Waals surface area contributed by atoms with Gasteiger partial charge in [-0.3, -0.25) is 19.3 Å². The van der Waals surface area contributed by atoms with Gasteiger partial charge >= 0.3 is 0 Å². The van der Waals surface area contributed by atoms with Crippen molar-refractivity contribution in [3.8, 4) is 0 Å². The maximum absolute atomic E-state index is 12.8. The van der Waals surface area contributed by atoms with Crippen LogP contribution in [-0.4, -0.2) is 60.2 Å². The largest absolute Gasteiger partial charge is 0.369 e. The van der Waals surface area contributed by atoms with E-state index in [9.17, 15) is 14.4 Å². The minimum absolute atomic E-state index is 0.0347. The molecule has 0 spiro atoms. The topological polar surface area (TPSA) is 95.7 Å². The molecule has 0 radical (unpaired) electrons. The van der Waals surface area contributed by atoms with Crippen molar-refractivity contribution in [2.75, 3.05) is 32.0 Å². The fourth-order valence-corrected chi connectivity index (χ4v) is 5.50. The summed E-state index contributed by atoms with van der Waals surface area (Å²) in [7, 11) is 1.89. The first-order valence-electron chi connectivity index (χ1n) is 12.7. The van der Waals surface area contributed by atoms with Gasteiger partial charge in [-0.15, -0.1) is 0 Å². The summed E-state index contributed by atoms with van der Waals surface area (Å²) < 4.78 is 0. The standard InChI is InChI=1S/C28H35ClN4O3/c1-32(28(36)22-2-8-23(29)9-3-22)25-12-6-20(7-13-25)19-4-10-24(11-5-19)31-26(34)18-33-16-14-21(15-17-33)27(30)35/h2-5,8-11,20-21,25H,6-7,12-18H2,1H3,(H2,30,35)(H,31,34). The number of halogens is 1. The molecule has 1 aliphatic carbocycles. The average molecular weight is 511 g/mol. The third-order valence-corrected chi connectivity index (χ3v) is 7.93. The zero-order chi connectivity index (χ0) is 25.7. The molecule has 8 heteroatoms. The van der Waals surface area contributed by atoms with Crippen LogP contribution in [0.25, 0.3) is 0 Å². The molecule has 1 aliphatic heterocycles. The molecule has 0 aromatic heterocycles. The summed E-state index contributed by atoms with van der Waals surface area (Å²) in [6.45, 7) is 1.74. The second kappa shape index (κ2) is 11.9. The first-order valence-corrected chi connectivity index (χ1v) is 13.1. The number of nitrogens with two attached hydrogens (primary N) is 1. The third-order valence-electron chi connectivity index (χ3n) is 7.68. The smallest absolute Gasteiger partial charge is 0.253 e. The maximum Gasteiger partial charge on any atom is 0.253 e. The summed E-state index contributed by atoms with van der Waals surface area (Å²) in [5, 5.41) is 3.61. The molecule has 0 atom stereocenters. The van der Waals surface area contributed by atoms with Crippen LogP contribution in [0.4, 0.5) is 5.69 Å². The normalized spacial score (nSPS) is 21.1. The van der Waals surface area contributed by atoms with Crippen LogP contribution in [0, 0.1) is 5.92 Å². The van der Waals surface area contributed by atoms with Crippen LogP contribution in [0.2, 0.25) is 5.02 Å². The molecule has 2 aliphatic rings. The van der Waals surface area contributed by atoms with Gasteiger partial charge in [0.2, 0.25) is 11.8 Å². The van der Waals surface area contributed by atoms with Crippen LogP contribution in [-0.2, 0) is 9.59 Å². The predicted molar refractivity (Wildman–Crippen MR) is 142 cm³/mol. The Morgan fingerprint density at radius 2 is 1.56 bits per heavy atom. The highest BCUT2D eigenvalue weighted by Gasteiger charge is 2.28. The molecule has 3 N–H and O–H groups in total. The Kier molecular flexibility index (Phi) is 8.64. The lowest BCUT2D eigenvalue weighted by atomic mass is 9.81. The SMILES string of the molecule is CN(C(=O)c1ccc(Cl)cc1)C1CCC(c2ccc(NC(=O)CN3CCC(C(N)=O)CC3)cc2)CC1. The van der Waals surface area contributed by atoms with Crippen molar-refractivity contribution in [2.24, 2.45) is 11.7 Å². The predicted octanol–water partition coefficient (Wildman–Crippen LogP) is 4.27. The van der Waals surface area contributed by atoms with Crippen molar-refractivity contribution >= 4 is 35.0 Å². The molecule has 2 fully saturated rings. The van der Waals surface area contributed by atoms with Crippen LogP contribution in [0.15, 0.2) is 48.5 Å². The fourth-order valence-electron chi connectivity index (χ4n) is 5.38. The molecule has 3 amide bonds. The van der Waals surface area contributed by atoms with Gasteiger partial charge in [-0.1, -0.05) is 23.7 Å². The minimum Gasteiger partial charge on any atom is -0.369 e. The Labute approximate surface area is 218 Å². The lowest BCUT2D eigenvalue weighted by molar-refractivity contribution is -0.123. The average Bonchev–Trinajstić information content (AvgIpc) is 2.89. The molecule has 192 valence electrons. The number of carbonyl (C=O) groups is 3. The van der Waals surface area contributed by atoms with Crippen molar-refractivity contribution in [1.29, 1.82) is 0 Å². The van der Waals surface area contributed by atoms with E-state index < -0.39 is 0 Å². The van der Waals surface area contributed by atoms with E-state index in [-0.39, 0.29) is 29.7 Å². The van der Waals surface area contributed by atoms with Crippen molar-refractivity contribution in [2.45, 2.75) is 50.5 Å². The Hall–Kier alpha value is -2.90. The van der Waals surface area contributed by atoms with E-state index in [2.05, 4.69) is 22.3 Å². The molecule has 7 nitrogen and oxygen atoms in total. The third kappa shape index (κ3) is 6.65. The molecule has 2 aromatic rings. The summed E-state index contributed by atoms with van der Waals surface area (Å²) in [4.78, 5) is 40.5. The van der Waals surface area contributed by atoms with Gasteiger partial charge in [-0.2, -0.15) is 0 Å². The molecule has 1 saturated heterocycles. The fraction of sp³-hybridized carbons (Fsp3) is 0.464. The van der Waals surface area contributed by atoms with E-state index in [1.807, 2.05) is 24.1 Å². The van der Waals surface area contributed by atoms with E-state index in [0.29, 0.717) is 49.0 Å². The zero-order valence-electron chi connectivity index (χ0n) is 20.8. The summed E-state index contributed by atoms with van der Waals surface area (Å²) in [5.41, 5.74) is 8.11. The van der Waals surface area contributed by atoms with Crippen LogP contribution < -0.4 is 11.1 Å². The Morgan fingerprint density at radius 3 is 2.14 bits per heavy atom. The van der Waals surface area contributed by atoms with Crippen LogP contribution in [0.5, 0.6) is 0 Å². The van der Waals surface area contributed by atoms with Crippen molar-refractivity contribution in [3.63, 3.8) is 0 Å². The van der Waals surface area contributed by atoms with Gasteiger partial charge in [0.1, 0.15) is 0 Å². The second-order valence-corrected chi connectivity index (χ2v) is 10.5. The molecule has 0 bridgehead atoms. The highest BCUT2D eigenvalue weighted by Crippen LogP contribution is 2.35. The number of likely N-dealkylation sites (tertiary alicyclic amines) is 1. The maximum atomic E-state index is 12.8. The van der Waals surface area contributed by atoms with Crippen LogP contribution in [0.3, 0.4) is 0 Å². The van der Waals surface area contributed by atoms with Gasteiger partial charge in [0.25, 0.3) is 5.91 Å². The van der Waals surface area contributed by atoms with Gasteiger partial charge in [0.15, 0.2) is 0 Å². The lowest BCUT2D eigenvalue weighted by Gasteiger charge is -2.35. The summed E-state index contributed by atoms with van der Waals surface area (Å²) in [6.07, 6.45) is 5.40. The number of primary amides is 1. The molecule has 0 unspecified atom stereocenters. The monoisotopic (exact) mass is 510 g/mol. The number of amides is 3. The van der Waals surface area contributed by atoms with E-state index in [0.717, 1.165) is 31.4 Å². The molecule has 2 aromatic carbocycles. The number of rotatable bonds is 7. The lowest BCUT2D eigenvalue weighted by Crippen LogP contribution is -2.42. The van der Waals surface area contributed by atoms with Crippen molar-refractivity contribution in [3.05, 3.63) is 64.7 Å². The van der Waals surface area contributed by atoms with Gasteiger partial charge in [-0.25, -0.2) is 0 Å². The number of hydrogen-bond acceptors (Lipinski definition) is 4.